The monoisotopic (exact) mass is 493 g/mol. The first-order valence-electron chi connectivity index (χ1n) is 10.0. The van der Waals surface area contributed by atoms with Crippen LogP contribution in [-0.2, 0) is 4.79 Å². The van der Waals surface area contributed by atoms with Crippen LogP contribution in [0, 0.1) is 27.2 Å². The van der Waals surface area contributed by atoms with Gasteiger partial charge in [0.15, 0.2) is 5.78 Å². The minimum absolute atomic E-state index is 0.0438. The molecular formula is C23H15N3O8S. The zero-order valence-corrected chi connectivity index (χ0v) is 18.8. The van der Waals surface area contributed by atoms with E-state index in [0.717, 1.165) is 17.0 Å². The van der Waals surface area contributed by atoms with Crippen LogP contribution in [-0.4, -0.2) is 38.2 Å². The van der Waals surface area contributed by atoms with Crippen molar-refractivity contribution in [3.8, 4) is 11.3 Å². The van der Waals surface area contributed by atoms with Crippen molar-refractivity contribution in [2.45, 2.75) is 6.92 Å². The average molecular weight is 493 g/mol. The number of nitro groups is 2. The lowest BCUT2D eigenvalue weighted by Gasteiger charge is -2.11. The number of non-ortho nitro benzene ring substituents is 1. The predicted octanol–water partition coefficient (Wildman–Crippen LogP) is 4.99. The van der Waals surface area contributed by atoms with E-state index < -0.39 is 33.3 Å². The highest BCUT2D eigenvalue weighted by atomic mass is 32.2. The van der Waals surface area contributed by atoms with E-state index in [2.05, 4.69) is 0 Å². The Morgan fingerprint density at radius 2 is 1.74 bits per heavy atom. The van der Waals surface area contributed by atoms with E-state index in [1.54, 1.807) is 31.2 Å². The lowest BCUT2D eigenvalue weighted by molar-refractivity contribution is -0.385. The summed E-state index contributed by atoms with van der Waals surface area (Å²) in [5, 5.41) is 21.3. The molecule has 1 fully saturated rings. The molecule has 1 aliphatic rings. The first kappa shape index (κ1) is 23.6. The first-order chi connectivity index (χ1) is 16.6. The summed E-state index contributed by atoms with van der Waals surface area (Å²) in [6.07, 6.45) is 1.35. The summed E-state index contributed by atoms with van der Waals surface area (Å²) in [5.74, 6) is -0.647. The fraction of sp³-hybridized carbons (Fsp3) is 0.0870. The third-order valence-electron chi connectivity index (χ3n) is 5.17. The van der Waals surface area contributed by atoms with Gasteiger partial charge in [-0.15, -0.1) is 0 Å². The van der Waals surface area contributed by atoms with Crippen molar-refractivity contribution >= 4 is 46.1 Å². The largest absolute Gasteiger partial charge is 0.457 e. The lowest BCUT2D eigenvalue weighted by atomic mass is 10.1. The molecule has 0 spiro atoms. The van der Waals surface area contributed by atoms with Gasteiger partial charge < -0.3 is 4.42 Å². The Balaban J connectivity index is 1.50. The Bertz CT molecular complexity index is 1420. The zero-order valence-electron chi connectivity index (χ0n) is 18.0. The van der Waals surface area contributed by atoms with Crippen LogP contribution in [0.5, 0.6) is 0 Å². The van der Waals surface area contributed by atoms with E-state index in [4.69, 9.17) is 4.42 Å². The number of ketones is 1. The van der Waals surface area contributed by atoms with E-state index in [-0.39, 0.29) is 27.6 Å². The fourth-order valence-electron chi connectivity index (χ4n) is 3.31. The summed E-state index contributed by atoms with van der Waals surface area (Å²) in [7, 11) is 0. The number of nitrogens with zero attached hydrogens (tertiary/aromatic N) is 3. The Hall–Kier alpha value is -4.58. The van der Waals surface area contributed by atoms with Crippen LogP contribution in [0.4, 0.5) is 16.2 Å². The van der Waals surface area contributed by atoms with Gasteiger partial charge >= 0.3 is 0 Å². The molecule has 0 unspecified atom stereocenters. The number of hydrogen-bond acceptors (Lipinski definition) is 9. The Kier molecular flexibility index (Phi) is 6.30. The number of amides is 2. The molecule has 35 heavy (non-hydrogen) atoms. The maximum Gasteiger partial charge on any atom is 0.293 e. The van der Waals surface area contributed by atoms with Gasteiger partial charge in [0.25, 0.3) is 22.5 Å². The molecular weight excluding hydrogens is 478 g/mol. The van der Waals surface area contributed by atoms with Crippen LogP contribution >= 0.6 is 11.8 Å². The summed E-state index contributed by atoms with van der Waals surface area (Å²) in [6, 6.07) is 12.6. The zero-order chi connectivity index (χ0) is 25.3. The first-order valence-corrected chi connectivity index (χ1v) is 10.8. The molecule has 0 radical (unpaired) electrons. The van der Waals surface area contributed by atoms with Crippen LogP contribution in [0.25, 0.3) is 17.4 Å². The second-order valence-corrected chi connectivity index (χ2v) is 8.45. The molecule has 0 saturated carbocycles. The van der Waals surface area contributed by atoms with E-state index in [9.17, 15) is 34.6 Å². The van der Waals surface area contributed by atoms with E-state index in [1.165, 1.54) is 24.3 Å². The third-order valence-corrected chi connectivity index (χ3v) is 6.07. The molecule has 176 valence electrons. The highest BCUT2D eigenvalue weighted by Crippen LogP contribution is 2.34. The van der Waals surface area contributed by atoms with Gasteiger partial charge in [-0.25, -0.2) is 0 Å². The molecule has 3 aromatic rings. The van der Waals surface area contributed by atoms with Gasteiger partial charge in [-0.05, 0) is 43.0 Å². The number of aryl methyl sites for hydroxylation is 1. The molecule has 2 heterocycles. The molecule has 0 aliphatic carbocycles. The topological polar surface area (TPSA) is 154 Å². The van der Waals surface area contributed by atoms with Crippen LogP contribution in [0.15, 0.2) is 63.9 Å². The van der Waals surface area contributed by atoms with E-state index >= 15 is 0 Å². The molecule has 2 amide bonds. The smallest absolute Gasteiger partial charge is 0.293 e. The van der Waals surface area contributed by atoms with Gasteiger partial charge in [-0.2, -0.15) is 0 Å². The predicted molar refractivity (Wildman–Crippen MR) is 126 cm³/mol. The third kappa shape index (κ3) is 4.87. The van der Waals surface area contributed by atoms with Crippen LogP contribution in [0.3, 0.4) is 0 Å². The maximum absolute atomic E-state index is 12.7. The number of imide groups is 1. The molecule has 1 aromatic heterocycles. The number of carbonyl (C=O) groups is 3. The summed E-state index contributed by atoms with van der Waals surface area (Å²) >= 11 is 0.641. The van der Waals surface area contributed by atoms with Gasteiger partial charge in [0.2, 0.25) is 0 Å². The van der Waals surface area contributed by atoms with Crippen molar-refractivity contribution in [3.63, 3.8) is 0 Å². The molecule has 1 aliphatic heterocycles. The van der Waals surface area contributed by atoms with Crippen LogP contribution in [0.1, 0.15) is 21.7 Å². The summed E-state index contributed by atoms with van der Waals surface area (Å²) < 4.78 is 5.69. The number of thioether (sulfide) groups is 1. The minimum atomic E-state index is -0.681. The van der Waals surface area contributed by atoms with Gasteiger partial charge in [0.1, 0.15) is 11.5 Å². The maximum atomic E-state index is 12.7. The molecule has 1 saturated heterocycles. The second kappa shape index (κ2) is 9.35. The number of Topliss-reactive ketones (excluding diaryl/α,β-unsaturated/α-hetero) is 1. The summed E-state index contributed by atoms with van der Waals surface area (Å²) in [5.41, 5.74) is 0.862. The highest BCUT2D eigenvalue weighted by Gasteiger charge is 2.36. The number of benzene rings is 2. The summed E-state index contributed by atoms with van der Waals surface area (Å²) in [4.78, 5) is 59.2. The highest BCUT2D eigenvalue weighted by molar-refractivity contribution is 8.18. The number of carbonyl (C=O) groups excluding carboxylic acids is 3. The Morgan fingerprint density at radius 3 is 2.40 bits per heavy atom. The minimum Gasteiger partial charge on any atom is -0.457 e. The van der Waals surface area contributed by atoms with Gasteiger partial charge in [-0.1, -0.05) is 12.1 Å². The molecule has 12 heteroatoms. The lowest BCUT2D eigenvalue weighted by Crippen LogP contribution is -2.33. The second-order valence-electron chi connectivity index (χ2n) is 7.46. The van der Waals surface area contributed by atoms with Crippen molar-refractivity contribution in [3.05, 3.63) is 96.6 Å². The van der Waals surface area contributed by atoms with Crippen molar-refractivity contribution < 1.29 is 28.6 Å². The SMILES string of the molecule is Cc1ccc(-c2ccc(/C=C3/SC(=O)N(CC(=O)c4ccc([N+](=O)[O-])cc4)C3=O)o2)cc1[N+](=O)[O-]. The molecule has 0 atom stereocenters. The van der Waals surface area contributed by atoms with Crippen molar-refractivity contribution in [1.82, 2.24) is 4.90 Å². The number of furan rings is 1. The molecule has 4 rings (SSSR count). The molecule has 2 aromatic carbocycles. The number of rotatable bonds is 7. The van der Waals surface area contributed by atoms with Crippen molar-refractivity contribution in [2.24, 2.45) is 0 Å². The Labute approximate surface area is 201 Å². The fourth-order valence-corrected chi connectivity index (χ4v) is 4.13. The average Bonchev–Trinajstić information content (AvgIpc) is 3.39. The summed E-state index contributed by atoms with van der Waals surface area (Å²) in [6.45, 7) is 1.11. The standard InChI is InChI=1S/C23H15N3O8S/c1-13-2-3-15(10-18(13)26(32)33)20-9-8-17(34-20)11-21-22(28)24(23(29)35-21)12-19(27)14-4-6-16(7-5-14)25(30)31/h2-11H,12H2,1H3/b21-11+. The quantitative estimate of drug-likeness (QED) is 0.192. The van der Waals surface area contributed by atoms with Gasteiger partial charge in [0.05, 0.1) is 21.3 Å². The number of hydrogen-bond donors (Lipinski definition) is 0. The normalized spacial score (nSPS) is 14.5. The van der Waals surface area contributed by atoms with Crippen molar-refractivity contribution in [1.29, 1.82) is 0 Å². The molecule has 11 nitrogen and oxygen atoms in total. The van der Waals surface area contributed by atoms with E-state index in [0.29, 0.717) is 28.6 Å². The van der Waals surface area contributed by atoms with Crippen LogP contribution < -0.4 is 0 Å². The van der Waals surface area contributed by atoms with Crippen molar-refractivity contribution in [2.75, 3.05) is 6.54 Å². The number of nitro benzene ring substituents is 2. The molecule has 0 N–H and O–H groups in total. The van der Waals surface area contributed by atoms with Crippen LogP contribution in [0.2, 0.25) is 0 Å². The Morgan fingerprint density at radius 1 is 1.03 bits per heavy atom. The van der Waals surface area contributed by atoms with Gasteiger partial charge in [0, 0.05) is 41.0 Å². The van der Waals surface area contributed by atoms with Gasteiger partial charge in [-0.3, -0.25) is 39.5 Å². The van der Waals surface area contributed by atoms with E-state index in [1.807, 2.05) is 0 Å². The molecule has 0 bridgehead atoms.